The van der Waals surface area contributed by atoms with Crippen molar-refractivity contribution >= 4 is 17.5 Å². The summed E-state index contributed by atoms with van der Waals surface area (Å²) < 4.78 is 0. The highest BCUT2D eigenvalue weighted by Gasteiger charge is 2.14. The van der Waals surface area contributed by atoms with E-state index in [4.69, 9.17) is 0 Å². The zero-order chi connectivity index (χ0) is 9.30. The third kappa shape index (κ3) is 1.71. The molecule has 1 rings (SSSR count). The largest absolute Gasteiger partial charge is 0.294 e. The molecule has 0 aromatic rings. The maximum Gasteiger partial charge on any atom is 0.166 e. The normalized spacial score (nSPS) is 17.3. The van der Waals surface area contributed by atoms with E-state index in [1.807, 2.05) is 20.8 Å². The number of hydrogen-bond donors (Lipinski definition) is 0. The molecule has 1 aliphatic heterocycles. The lowest BCUT2D eigenvalue weighted by Gasteiger charge is -2.12. The molecule has 2 heteroatoms. The van der Waals surface area contributed by atoms with Crippen molar-refractivity contribution in [1.82, 2.24) is 0 Å². The average molecular weight is 180 g/mol. The van der Waals surface area contributed by atoms with E-state index in [1.165, 1.54) is 11.8 Å². The summed E-state index contributed by atoms with van der Waals surface area (Å²) in [5, 5.41) is 0. The van der Waals surface area contributed by atoms with Crippen LogP contribution in [0.25, 0.3) is 0 Å². The van der Waals surface area contributed by atoms with E-state index in [1.54, 1.807) is 6.92 Å². The molecule has 64 valence electrons. The van der Waals surface area contributed by atoms with Crippen LogP contribution in [0.4, 0.5) is 0 Å². The predicted molar refractivity (Wildman–Crippen MR) is 52.9 cm³/mol. The fourth-order valence-electron chi connectivity index (χ4n) is 1.12. The van der Waals surface area contributed by atoms with Gasteiger partial charge in [-0.05, 0) is 38.8 Å². The van der Waals surface area contributed by atoms with Crippen LogP contribution < -0.4 is 0 Å². The molecular weight excluding hydrogens is 168 g/mol. The fourth-order valence-corrected chi connectivity index (χ4v) is 2.08. The summed E-state index contributed by atoms with van der Waals surface area (Å²) in [6, 6.07) is 0. The highest BCUT2D eigenvalue weighted by Crippen LogP contribution is 2.34. The van der Waals surface area contributed by atoms with Crippen LogP contribution in [0, 0.1) is 0 Å². The number of Topliss-reactive ketones (excluding diaryl/α,β-unsaturated/α-hetero) is 1. The molecule has 0 aliphatic carbocycles. The Morgan fingerprint density at radius 1 is 1.33 bits per heavy atom. The van der Waals surface area contributed by atoms with Crippen molar-refractivity contribution in [3.63, 3.8) is 0 Å². The molecule has 0 spiro atoms. The predicted octanol–water partition coefficient (Wildman–Crippen LogP) is 3.05. The zero-order valence-electron chi connectivity index (χ0n) is 7.82. The minimum Gasteiger partial charge on any atom is -0.294 e. The summed E-state index contributed by atoms with van der Waals surface area (Å²) in [5.41, 5.74) is 5.35. The minimum absolute atomic E-state index is 0.151. The summed E-state index contributed by atoms with van der Waals surface area (Å²) in [4.78, 5) is 13.1. The third-order valence-electron chi connectivity index (χ3n) is 1.84. The smallest absolute Gasteiger partial charge is 0.166 e. The molecule has 1 nitrogen and oxygen atoms in total. The minimum atomic E-state index is 0.151. The molecule has 0 saturated carbocycles. The van der Waals surface area contributed by atoms with E-state index in [2.05, 4.69) is 5.73 Å². The molecule has 0 saturated heterocycles. The van der Waals surface area contributed by atoms with Gasteiger partial charge in [0.05, 0.1) is 4.91 Å². The molecule has 0 bridgehead atoms. The summed E-state index contributed by atoms with van der Waals surface area (Å²) in [6.45, 7) is 7.54. The summed E-state index contributed by atoms with van der Waals surface area (Å²) in [5.74, 6) is 0.151. The van der Waals surface area contributed by atoms with E-state index in [-0.39, 0.29) is 5.78 Å². The number of allylic oxidation sites excluding steroid dienone is 3. The fraction of sp³-hybridized carbons (Fsp3) is 0.400. The van der Waals surface area contributed by atoms with E-state index in [9.17, 15) is 4.79 Å². The van der Waals surface area contributed by atoms with Crippen LogP contribution in [0.2, 0.25) is 0 Å². The van der Waals surface area contributed by atoms with E-state index < -0.39 is 0 Å². The van der Waals surface area contributed by atoms with E-state index >= 15 is 0 Å². The van der Waals surface area contributed by atoms with Crippen LogP contribution in [0.5, 0.6) is 0 Å². The molecule has 0 radical (unpaired) electrons. The van der Waals surface area contributed by atoms with Crippen molar-refractivity contribution in [1.29, 1.82) is 0 Å². The molecule has 12 heavy (non-hydrogen) atoms. The Hall–Kier alpha value is -0.720. The Bertz CT molecular complexity index is 328. The van der Waals surface area contributed by atoms with Gasteiger partial charge in [0.15, 0.2) is 5.78 Å². The van der Waals surface area contributed by atoms with Crippen LogP contribution in [0.1, 0.15) is 27.7 Å². The van der Waals surface area contributed by atoms with Crippen LogP contribution in [0.15, 0.2) is 26.7 Å². The summed E-state index contributed by atoms with van der Waals surface area (Å²) in [6.07, 6.45) is 0. The topological polar surface area (TPSA) is 17.1 Å². The first-order valence-electron chi connectivity index (χ1n) is 3.86. The Morgan fingerprint density at radius 2 is 1.92 bits per heavy atom. The van der Waals surface area contributed by atoms with Gasteiger partial charge in [0.1, 0.15) is 0 Å². The van der Waals surface area contributed by atoms with Gasteiger partial charge in [0, 0.05) is 4.91 Å². The van der Waals surface area contributed by atoms with E-state index in [0.717, 1.165) is 21.0 Å². The molecule has 0 atom stereocenters. The van der Waals surface area contributed by atoms with Gasteiger partial charge in [-0.15, -0.1) is 5.73 Å². The van der Waals surface area contributed by atoms with Gasteiger partial charge in [0.2, 0.25) is 0 Å². The maximum absolute atomic E-state index is 11.2. The number of thioether (sulfide) groups is 1. The van der Waals surface area contributed by atoms with Gasteiger partial charge >= 0.3 is 0 Å². The SMILES string of the molecule is CC(=O)C1=C(C)C(C)=C=C(C)S1. The van der Waals surface area contributed by atoms with Gasteiger partial charge < -0.3 is 0 Å². The van der Waals surface area contributed by atoms with Crippen LogP contribution in [-0.4, -0.2) is 5.78 Å². The Morgan fingerprint density at radius 3 is 2.42 bits per heavy atom. The lowest BCUT2D eigenvalue weighted by Crippen LogP contribution is -1.99. The van der Waals surface area contributed by atoms with Crippen LogP contribution in [-0.2, 0) is 4.79 Å². The molecule has 1 aliphatic rings. The molecule has 0 N–H and O–H groups in total. The average Bonchev–Trinajstić information content (AvgIpc) is 1.96. The molecule has 0 amide bonds. The second-order valence-corrected chi connectivity index (χ2v) is 4.14. The Balaban J connectivity index is 3.19. The van der Waals surface area contributed by atoms with Crippen molar-refractivity contribution in [2.24, 2.45) is 0 Å². The quantitative estimate of drug-likeness (QED) is 0.577. The molecule has 0 fully saturated rings. The highest BCUT2D eigenvalue weighted by atomic mass is 32.2. The van der Waals surface area contributed by atoms with Crippen molar-refractivity contribution in [2.75, 3.05) is 0 Å². The van der Waals surface area contributed by atoms with Crippen molar-refractivity contribution in [3.8, 4) is 0 Å². The first kappa shape index (κ1) is 9.37. The third-order valence-corrected chi connectivity index (χ3v) is 3.05. The second kappa shape index (κ2) is 3.34. The maximum atomic E-state index is 11.2. The molecule has 0 unspecified atom stereocenters. The van der Waals surface area contributed by atoms with Gasteiger partial charge in [-0.25, -0.2) is 0 Å². The van der Waals surface area contributed by atoms with Gasteiger partial charge in [-0.3, -0.25) is 4.79 Å². The number of hydrogen-bond acceptors (Lipinski definition) is 2. The van der Waals surface area contributed by atoms with Crippen LogP contribution in [0.3, 0.4) is 0 Å². The summed E-state index contributed by atoms with van der Waals surface area (Å²) >= 11 is 1.52. The van der Waals surface area contributed by atoms with Crippen molar-refractivity contribution in [2.45, 2.75) is 27.7 Å². The molecular formula is C10H12OS. The number of rotatable bonds is 1. The summed E-state index contributed by atoms with van der Waals surface area (Å²) in [7, 11) is 0. The number of carbonyl (C=O) groups is 1. The van der Waals surface area contributed by atoms with Gasteiger partial charge in [-0.1, -0.05) is 11.8 Å². The Kier molecular flexibility index (Phi) is 2.61. The molecule has 0 aromatic carbocycles. The second-order valence-electron chi connectivity index (χ2n) is 2.92. The van der Waals surface area contributed by atoms with Crippen LogP contribution >= 0.6 is 11.8 Å². The zero-order valence-corrected chi connectivity index (χ0v) is 8.63. The highest BCUT2D eigenvalue weighted by molar-refractivity contribution is 8.07. The first-order chi connectivity index (χ1) is 5.52. The standard InChI is InChI=1S/C10H12OS/c1-6-5-7(2)12-10(8(6)3)9(4)11/h1-4H3. The first-order valence-corrected chi connectivity index (χ1v) is 4.68. The molecule has 0 aromatic heterocycles. The monoisotopic (exact) mass is 180 g/mol. The van der Waals surface area contributed by atoms with Crippen molar-refractivity contribution < 1.29 is 4.79 Å². The van der Waals surface area contributed by atoms with Gasteiger partial charge in [0.25, 0.3) is 0 Å². The Labute approximate surface area is 77.2 Å². The number of carbonyl (C=O) groups excluding carboxylic acids is 1. The van der Waals surface area contributed by atoms with Crippen molar-refractivity contribution in [3.05, 3.63) is 26.7 Å². The molecule has 1 heterocycles. The van der Waals surface area contributed by atoms with Gasteiger partial charge in [-0.2, -0.15) is 0 Å². The number of ketones is 1. The lowest BCUT2D eigenvalue weighted by atomic mass is 10.1. The lowest BCUT2D eigenvalue weighted by molar-refractivity contribution is -0.113. The van der Waals surface area contributed by atoms with E-state index in [0.29, 0.717) is 0 Å².